The minimum absolute atomic E-state index is 0.191. The number of nitrogens with zero attached hydrogens (tertiary/aromatic N) is 4. The Balaban J connectivity index is 1.58. The quantitative estimate of drug-likeness (QED) is 0.837. The lowest BCUT2D eigenvalue weighted by Gasteiger charge is -2.21. The van der Waals surface area contributed by atoms with Crippen molar-refractivity contribution in [3.05, 3.63) is 35.6 Å². The van der Waals surface area contributed by atoms with E-state index < -0.39 is 0 Å². The predicted octanol–water partition coefficient (Wildman–Crippen LogP) is 2.69. The van der Waals surface area contributed by atoms with Crippen molar-refractivity contribution in [2.24, 2.45) is 0 Å². The van der Waals surface area contributed by atoms with Gasteiger partial charge in [-0.2, -0.15) is 0 Å². The number of aromatic nitrogens is 2. The fraction of sp³-hybridized carbons (Fsp3) is 0.500. The molecule has 2 aromatic heterocycles. The van der Waals surface area contributed by atoms with Gasteiger partial charge in [0.05, 0.1) is 12.1 Å². The summed E-state index contributed by atoms with van der Waals surface area (Å²) < 4.78 is 0. The third-order valence-corrected chi connectivity index (χ3v) is 5.21. The van der Waals surface area contributed by atoms with Crippen LogP contribution in [-0.4, -0.2) is 58.4 Å². The number of pyridine rings is 1. The Hall–Kier alpha value is -1.79. The normalized spacial score (nSPS) is 16.1. The second-order valence-electron chi connectivity index (χ2n) is 6.14. The molecule has 0 bridgehead atoms. The van der Waals surface area contributed by atoms with Crippen LogP contribution in [-0.2, 0) is 11.2 Å². The second-order valence-corrected chi connectivity index (χ2v) is 7.00. The van der Waals surface area contributed by atoms with Gasteiger partial charge in [-0.25, -0.2) is 4.98 Å². The highest BCUT2D eigenvalue weighted by Crippen LogP contribution is 2.23. The molecule has 5 nitrogen and oxygen atoms in total. The Bertz CT molecular complexity index is 658. The zero-order valence-corrected chi connectivity index (χ0v) is 15.0. The van der Waals surface area contributed by atoms with E-state index >= 15 is 0 Å². The van der Waals surface area contributed by atoms with Gasteiger partial charge in [0, 0.05) is 43.0 Å². The number of rotatable bonds is 5. The summed E-state index contributed by atoms with van der Waals surface area (Å²) in [5.74, 6) is 0.191. The monoisotopic (exact) mass is 344 g/mol. The summed E-state index contributed by atoms with van der Waals surface area (Å²) in [6.07, 6.45) is 6.18. The van der Waals surface area contributed by atoms with Crippen molar-refractivity contribution >= 4 is 17.2 Å². The van der Waals surface area contributed by atoms with Crippen LogP contribution < -0.4 is 0 Å². The molecule has 24 heavy (non-hydrogen) atoms. The number of thiazole rings is 1. The lowest BCUT2D eigenvalue weighted by atomic mass is 10.2. The Morgan fingerprint density at radius 1 is 1.29 bits per heavy atom. The van der Waals surface area contributed by atoms with Gasteiger partial charge in [-0.3, -0.25) is 9.78 Å². The SMILES string of the molecule is CCCN1CCCN(C(=O)Cc2csc(-c3cccnc3)n2)CC1. The molecule has 0 saturated carbocycles. The topological polar surface area (TPSA) is 49.3 Å². The third-order valence-electron chi connectivity index (χ3n) is 4.27. The number of hydrogen-bond donors (Lipinski definition) is 0. The number of carbonyl (C=O) groups is 1. The van der Waals surface area contributed by atoms with Crippen LogP contribution in [0, 0.1) is 0 Å². The summed E-state index contributed by atoms with van der Waals surface area (Å²) in [6, 6.07) is 3.90. The molecule has 0 unspecified atom stereocenters. The molecule has 0 atom stereocenters. The van der Waals surface area contributed by atoms with Crippen LogP contribution in [0.4, 0.5) is 0 Å². The van der Waals surface area contributed by atoms with E-state index in [-0.39, 0.29) is 5.91 Å². The molecule has 0 radical (unpaired) electrons. The lowest BCUT2D eigenvalue weighted by molar-refractivity contribution is -0.130. The Kier molecular flexibility index (Phi) is 5.93. The molecule has 0 aromatic carbocycles. The smallest absolute Gasteiger partial charge is 0.228 e. The highest BCUT2D eigenvalue weighted by molar-refractivity contribution is 7.13. The van der Waals surface area contributed by atoms with E-state index in [2.05, 4.69) is 21.8 Å². The van der Waals surface area contributed by atoms with Gasteiger partial charge in [0.25, 0.3) is 0 Å². The molecule has 3 rings (SSSR count). The highest BCUT2D eigenvalue weighted by atomic mass is 32.1. The van der Waals surface area contributed by atoms with Crippen molar-refractivity contribution in [1.29, 1.82) is 0 Å². The van der Waals surface area contributed by atoms with Crippen molar-refractivity contribution in [2.45, 2.75) is 26.2 Å². The maximum atomic E-state index is 12.6. The summed E-state index contributed by atoms with van der Waals surface area (Å²) >= 11 is 1.57. The zero-order chi connectivity index (χ0) is 16.8. The van der Waals surface area contributed by atoms with Crippen molar-refractivity contribution in [2.75, 3.05) is 32.7 Å². The van der Waals surface area contributed by atoms with Crippen molar-refractivity contribution in [3.8, 4) is 10.6 Å². The average molecular weight is 344 g/mol. The maximum absolute atomic E-state index is 12.6. The summed E-state index contributed by atoms with van der Waals surface area (Å²) in [4.78, 5) is 25.8. The van der Waals surface area contributed by atoms with E-state index in [0.29, 0.717) is 6.42 Å². The number of amides is 1. The van der Waals surface area contributed by atoms with Gasteiger partial charge in [0.1, 0.15) is 5.01 Å². The standard InChI is InChI=1S/C18H24N4OS/c1-2-7-21-8-4-9-22(11-10-21)17(23)12-16-14-24-18(20-16)15-5-3-6-19-13-15/h3,5-6,13-14H,2,4,7-12H2,1H3. The van der Waals surface area contributed by atoms with Crippen LogP contribution in [0.5, 0.6) is 0 Å². The molecule has 1 amide bonds. The van der Waals surface area contributed by atoms with E-state index in [0.717, 1.165) is 55.4 Å². The van der Waals surface area contributed by atoms with E-state index in [1.807, 2.05) is 28.6 Å². The van der Waals surface area contributed by atoms with Crippen molar-refractivity contribution in [1.82, 2.24) is 19.8 Å². The fourth-order valence-corrected chi connectivity index (χ4v) is 3.85. The molecular weight excluding hydrogens is 320 g/mol. The van der Waals surface area contributed by atoms with Gasteiger partial charge in [-0.1, -0.05) is 6.92 Å². The first-order valence-electron chi connectivity index (χ1n) is 8.61. The van der Waals surface area contributed by atoms with Crippen molar-refractivity contribution in [3.63, 3.8) is 0 Å². The first-order chi connectivity index (χ1) is 11.8. The van der Waals surface area contributed by atoms with Gasteiger partial charge in [-0.05, 0) is 38.1 Å². The summed E-state index contributed by atoms with van der Waals surface area (Å²) in [6.45, 7) is 7.10. The Labute approximate surface area is 147 Å². The Morgan fingerprint density at radius 3 is 3.00 bits per heavy atom. The van der Waals surface area contributed by atoms with Crippen LogP contribution >= 0.6 is 11.3 Å². The molecule has 0 aliphatic carbocycles. The summed E-state index contributed by atoms with van der Waals surface area (Å²) in [5, 5.41) is 2.91. The molecule has 1 saturated heterocycles. The molecule has 0 spiro atoms. The zero-order valence-electron chi connectivity index (χ0n) is 14.1. The van der Waals surface area contributed by atoms with E-state index in [1.165, 1.54) is 6.42 Å². The molecule has 128 valence electrons. The maximum Gasteiger partial charge on any atom is 0.228 e. The fourth-order valence-electron chi connectivity index (χ4n) is 3.04. The van der Waals surface area contributed by atoms with Crippen LogP contribution in [0.3, 0.4) is 0 Å². The molecular formula is C18H24N4OS. The lowest BCUT2D eigenvalue weighted by Crippen LogP contribution is -2.36. The minimum atomic E-state index is 0.191. The first kappa shape index (κ1) is 17.0. The van der Waals surface area contributed by atoms with Crippen molar-refractivity contribution < 1.29 is 4.79 Å². The van der Waals surface area contributed by atoms with E-state index in [4.69, 9.17) is 0 Å². The highest BCUT2D eigenvalue weighted by Gasteiger charge is 2.19. The van der Waals surface area contributed by atoms with Gasteiger partial charge in [0.15, 0.2) is 0 Å². The first-order valence-corrected chi connectivity index (χ1v) is 9.49. The largest absolute Gasteiger partial charge is 0.341 e. The Morgan fingerprint density at radius 2 is 2.21 bits per heavy atom. The molecule has 1 aliphatic rings. The molecule has 2 aromatic rings. The molecule has 6 heteroatoms. The molecule has 1 fully saturated rings. The summed E-state index contributed by atoms with van der Waals surface area (Å²) in [5.41, 5.74) is 1.87. The van der Waals surface area contributed by atoms with E-state index in [9.17, 15) is 4.79 Å². The molecule has 3 heterocycles. The third kappa shape index (κ3) is 4.39. The van der Waals surface area contributed by atoms with Gasteiger partial charge < -0.3 is 9.80 Å². The van der Waals surface area contributed by atoms with E-state index in [1.54, 1.807) is 17.5 Å². The van der Waals surface area contributed by atoms with Gasteiger partial charge in [0.2, 0.25) is 5.91 Å². The molecule has 1 aliphatic heterocycles. The number of hydrogen-bond acceptors (Lipinski definition) is 5. The van der Waals surface area contributed by atoms with Crippen LogP contribution in [0.1, 0.15) is 25.5 Å². The average Bonchev–Trinajstić information content (AvgIpc) is 2.94. The van der Waals surface area contributed by atoms with Crippen LogP contribution in [0.2, 0.25) is 0 Å². The molecule has 0 N–H and O–H groups in total. The van der Waals surface area contributed by atoms with Crippen LogP contribution in [0.25, 0.3) is 10.6 Å². The summed E-state index contributed by atoms with van der Waals surface area (Å²) in [7, 11) is 0. The van der Waals surface area contributed by atoms with Gasteiger partial charge in [-0.15, -0.1) is 11.3 Å². The second kappa shape index (κ2) is 8.35. The minimum Gasteiger partial charge on any atom is -0.341 e. The van der Waals surface area contributed by atoms with Crippen LogP contribution in [0.15, 0.2) is 29.9 Å². The number of carbonyl (C=O) groups excluding carboxylic acids is 1. The van der Waals surface area contributed by atoms with Gasteiger partial charge >= 0.3 is 0 Å². The predicted molar refractivity (Wildman–Crippen MR) is 97.0 cm³/mol.